The lowest BCUT2D eigenvalue weighted by Gasteiger charge is -2.18. The summed E-state index contributed by atoms with van der Waals surface area (Å²) in [5.74, 6) is -0.0842. The highest BCUT2D eigenvalue weighted by atomic mass is 16.2. The largest absolute Gasteiger partial charge is 0.350 e. The highest BCUT2D eigenvalue weighted by Gasteiger charge is 2.40. The molecule has 2 aromatic rings. The second kappa shape index (κ2) is 7.52. The smallest absolute Gasteiger partial charge is 0.237 e. The summed E-state index contributed by atoms with van der Waals surface area (Å²) in [6.07, 6.45) is 6.60. The Morgan fingerprint density at radius 3 is 2.81 bits per heavy atom. The van der Waals surface area contributed by atoms with Gasteiger partial charge in [-0.1, -0.05) is 30.3 Å². The molecule has 1 aliphatic carbocycles. The summed E-state index contributed by atoms with van der Waals surface area (Å²) in [7, 11) is 0. The Balaban J connectivity index is 1.28. The molecular weight excluding hydrogens is 342 g/mol. The van der Waals surface area contributed by atoms with Gasteiger partial charge in [0, 0.05) is 38.2 Å². The number of amides is 2. The average Bonchev–Trinajstić information content (AvgIpc) is 3.30. The van der Waals surface area contributed by atoms with Crippen LogP contribution in [0, 0.1) is 0 Å². The van der Waals surface area contributed by atoms with Crippen molar-refractivity contribution in [2.24, 2.45) is 5.73 Å². The summed E-state index contributed by atoms with van der Waals surface area (Å²) in [6.45, 7) is 1.34. The molecule has 3 N–H and O–H groups in total. The fraction of sp³-hybridized carbons (Fsp3) is 0.450. The molecule has 2 amide bonds. The molecule has 7 heteroatoms. The fourth-order valence-electron chi connectivity index (χ4n) is 3.59. The van der Waals surface area contributed by atoms with E-state index in [2.05, 4.69) is 22.4 Å². The molecule has 2 aliphatic rings. The first kappa shape index (κ1) is 17.7. The second-order valence-corrected chi connectivity index (χ2v) is 7.52. The van der Waals surface area contributed by atoms with Crippen molar-refractivity contribution in [3.8, 4) is 0 Å². The van der Waals surface area contributed by atoms with E-state index in [1.165, 1.54) is 5.56 Å². The summed E-state index contributed by atoms with van der Waals surface area (Å²) in [4.78, 5) is 30.6. The van der Waals surface area contributed by atoms with E-state index < -0.39 is 6.04 Å². The molecule has 1 aromatic heterocycles. The number of imidazole rings is 1. The van der Waals surface area contributed by atoms with Gasteiger partial charge in [0.05, 0.1) is 24.1 Å². The molecule has 27 heavy (non-hydrogen) atoms. The highest BCUT2D eigenvalue weighted by molar-refractivity contribution is 5.85. The molecule has 1 saturated heterocycles. The topological polar surface area (TPSA) is 93.2 Å². The van der Waals surface area contributed by atoms with Crippen LogP contribution in [0.3, 0.4) is 0 Å². The third-order valence-electron chi connectivity index (χ3n) is 5.15. The van der Waals surface area contributed by atoms with Crippen molar-refractivity contribution in [2.45, 2.75) is 50.4 Å². The molecule has 2 fully saturated rings. The zero-order valence-corrected chi connectivity index (χ0v) is 15.3. The van der Waals surface area contributed by atoms with Crippen molar-refractivity contribution in [2.75, 3.05) is 6.54 Å². The van der Waals surface area contributed by atoms with Crippen LogP contribution in [0.2, 0.25) is 0 Å². The van der Waals surface area contributed by atoms with Gasteiger partial charge in [-0.3, -0.25) is 9.59 Å². The van der Waals surface area contributed by atoms with E-state index in [9.17, 15) is 9.59 Å². The van der Waals surface area contributed by atoms with Gasteiger partial charge in [0.25, 0.3) is 0 Å². The van der Waals surface area contributed by atoms with E-state index in [0.29, 0.717) is 25.4 Å². The summed E-state index contributed by atoms with van der Waals surface area (Å²) in [5, 5.41) is 2.93. The van der Waals surface area contributed by atoms with Crippen LogP contribution in [-0.4, -0.2) is 50.9 Å². The first-order valence-corrected chi connectivity index (χ1v) is 9.48. The Labute approximate surface area is 158 Å². The minimum Gasteiger partial charge on any atom is -0.350 e. The Bertz CT molecular complexity index is 815. The molecule has 1 aromatic carbocycles. The molecule has 1 saturated carbocycles. The Morgan fingerprint density at radius 1 is 1.30 bits per heavy atom. The lowest BCUT2D eigenvalue weighted by atomic mass is 10.1. The zero-order chi connectivity index (χ0) is 18.8. The van der Waals surface area contributed by atoms with Crippen molar-refractivity contribution in [3.63, 3.8) is 0 Å². The summed E-state index contributed by atoms with van der Waals surface area (Å²) < 4.78 is 1.98. The Morgan fingerprint density at radius 2 is 2.07 bits per heavy atom. The van der Waals surface area contributed by atoms with Gasteiger partial charge in [0.1, 0.15) is 0 Å². The zero-order valence-electron chi connectivity index (χ0n) is 15.3. The van der Waals surface area contributed by atoms with Crippen LogP contribution < -0.4 is 11.1 Å². The van der Waals surface area contributed by atoms with Gasteiger partial charge >= 0.3 is 0 Å². The molecule has 0 radical (unpaired) electrons. The molecule has 2 heterocycles. The van der Waals surface area contributed by atoms with Gasteiger partial charge in [0.15, 0.2) is 0 Å². The Kier molecular flexibility index (Phi) is 4.94. The van der Waals surface area contributed by atoms with Crippen LogP contribution >= 0.6 is 0 Å². The van der Waals surface area contributed by atoms with Gasteiger partial charge in [-0.15, -0.1) is 0 Å². The van der Waals surface area contributed by atoms with Gasteiger partial charge < -0.3 is 20.5 Å². The average molecular weight is 367 g/mol. The molecule has 0 spiro atoms. The van der Waals surface area contributed by atoms with E-state index in [1.807, 2.05) is 33.9 Å². The number of rotatable bonds is 7. The maximum atomic E-state index is 12.4. The second-order valence-electron chi connectivity index (χ2n) is 7.52. The number of benzene rings is 1. The number of hydrogen-bond donors (Lipinski definition) is 2. The lowest BCUT2D eigenvalue weighted by Crippen LogP contribution is -2.47. The van der Waals surface area contributed by atoms with Gasteiger partial charge in [0.2, 0.25) is 11.8 Å². The summed E-state index contributed by atoms with van der Waals surface area (Å²) in [6, 6.07) is 9.71. The molecule has 1 unspecified atom stereocenters. The monoisotopic (exact) mass is 367 g/mol. The summed E-state index contributed by atoms with van der Waals surface area (Å²) >= 11 is 0. The number of carbonyl (C=O) groups excluding carboxylic acids is 2. The maximum Gasteiger partial charge on any atom is 0.237 e. The number of carbonyl (C=O) groups is 2. The maximum absolute atomic E-state index is 12.4. The van der Waals surface area contributed by atoms with Crippen molar-refractivity contribution < 1.29 is 9.59 Å². The van der Waals surface area contributed by atoms with Crippen molar-refractivity contribution >= 4 is 11.8 Å². The predicted octanol–water partition coefficient (Wildman–Crippen LogP) is 0.681. The van der Waals surface area contributed by atoms with Gasteiger partial charge in [-0.2, -0.15) is 0 Å². The molecule has 7 nitrogen and oxygen atoms in total. The standard InChI is InChI=1S/C20H25N5O2/c21-18(20(27)23-16-9-19(26)25(12-16)17-6-7-17)8-15-11-24(13-22-15)10-14-4-2-1-3-5-14/h1-5,11,13,16-18H,6-10,12,21H2,(H,23,27)/t16?,18-/m0/s1. The molecular formula is C20H25N5O2. The Hall–Kier alpha value is -2.67. The van der Waals surface area contributed by atoms with E-state index in [1.54, 1.807) is 6.33 Å². The summed E-state index contributed by atoms with van der Waals surface area (Å²) in [5.41, 5.74) is 8.05. The van der Waals surface area contributed by atoms with E-state index >= 15 is 0 Å². The van der Waals surface area contributed by atoms with Crippen molar-refractivity contribution in [1.29, 1.82) is 0 Å². The third-order valence-corrected chi connectivity index (χ3v) is 5.15. The number of nitrogens with two attached hydrogens (primary N) is 1. The molecule has 142 valence electrons. The van der Waals surface area contributed by atoms with E-state index in [4.69, 9.17) is 5.73 Å². The van der Waals surface area contributed by atoms with E-state index in [-0.39, 0.29) is 17.9 Å². The van der Waals surface area contributed by atoms with Crippen LogP contribution in [-0.2, 0) is 22.6 Å². The molecule has 0 bridgehead atoms. The third kappa shape index (κ3) is 4.36. The molecule has 2 atom stereocenters. The van der Waals surface area contributed by atoms with Crippen LogP contribution in [0.1, 0.15) is 30.5 Å². The number of nitrogens with one attached hydrogen (secondary N) is 1. The number of hydrogen-bond acceptors (Lipinski definition) is 4. The highest BCUT2D eigenvalue weighted by Crippen LogP contribution is 2.30. The predicted molar refractivity (Wildman–Crippen MR) is 101 cm³/mol. The fourth-order valence-corrected chi connectivity index (χ4v) is 3.59. The molecule has 4 rings (SSSR count). The van der Waals surface area contributed by atoms with Crippen LogP contribution in [0.4, 0.5) is 0 Å². The quantitative estimate of drug-likeness (QED) is 0.753. The number of nitrogens with zero attached hydrogens (tertiary/aromatic N) is 3. The van der Waals surface area contributed by atoms with E-state index in [0.717, 1.165) is 25.1 Å². The van der Waals surface area contributed by atoms with Crippen LogP contribution in [0.15, 0.2) is 42.9 Å². The van der Waals surface area contributed by atoms with Crippen molar-refractivity contribution in [3.05, 3.63) is 54.1 Å². The first-order valence-electron chi connectivity index (χ1n) is 9.48. The number of likely N-dealkylation sites (tertiary alicyclic amines) is 1. The van der Waals surface area contributed by atoms with Gasteiger partial charge in [-0.05, 0) is 18.4 Å². The normalized spacial score (nSPS) is 20.7. The minimum absolute atomic E-state index is 0.132. The first-order chi connectivity index (χ1) is 13.1. The molecule has 1 aliphatic heterocycles. The minimum atomic E-state index is -0.671. The lowest BCUT2D eigenvalue weighted by molar-refractivity contribution is -0.128. The van der Waals surface area contributed by atoms with Gasteiger partial charge in [-0.25, -0.2) is 4.98 Å². The van der Waals surface area contributed by atoms with Crippen LogP contribution in [0.5, 0.6) is 0 Å². The van der Waals surface area contributed by atoms with Crippen LogP contribution in [0.25, 0.3) is 0 Å². The SMILES string of the molecule is N[C@@H](Cc1cn(Cc2ccccc2)cn1)C(=O)NC1CC(=O)N(C2CC2)C1. The number of aromatic nitrogens is 2. The van der Waals surface area contributed by atoms with Crippen molar-refractivity contribution in [1.82, 2.24) is 19.8 Å².